The van der Waals surface area contributed by atoms with Gasteiger partial charge in [0, 0.05) is 16.7 Å². The van der Waals surface area contributed by atoms with Crippen molar-refractivity contribution in [1.29, 1.82) is 0 Å². The van der Waals surface area contributed by atoms with Crippen LogP contribution < -0.4 is 4.90 Å². The number of benzene rings is 2. The summed E-state index contributed by atoms with van der Waals surface area (Å²) >= 11 is 0. The van der Waals surface area contributed by atoms with Gasteiger partial charge in [0.1, 0.15) is 0 Å². The van der Waals surface area contributed by atoms with Crippen molar-refractivity contribution in [2.24, 2.45) is 0 Å². The fourth-order valence-electron chi connectivity index (χ4n) is 2.77. The third-order valence-corrected chi connectivity index (χ3v) is 5.63. The molecule has 2 aromatic rings. The molecule has 0 saturated carbocycles. The standard InChI is InChI=1S/C19H19NO3S/c1-14-8-9-17(12-15(14)2)20(18-10-11-24(22,23)13-18)19(21)16-6-4-3-5-7-16/h3-12,18H,13H2,1-2H3/t18-/m0/s1. The number of hydrogen-bond donors (Lipinski definition) is 0. The number of aryl methyl sites for hydroxylation is 2. The van der Waals surface area contributed by atoms with Crippen LogP contribution in [0.1, 0.15) is 21.5 Å². The minimum atomic E-state index is -3.26. The molecule has 1 atom stereocenters. The third-order valence-electron chi connectivity index (χ3n) is 4.25. The van der Waals surface area contributed by atoms with Gasteiger partial charge in [0.2, 0.25) is 0 Å². The van der Waals surface area contributed by atoms with E-state index in [-0.39, 0.29) is 11.7 Å². The summed E-state index contributed by atoms with van der Waals surface area (Å²) < 4.78 is 23.7. The fourth-order valence-corrected chi connectivity index (χ4v) is 4.04. The molecule has 1 amide bonds. The highest BCUT2D eigenvalue weighted by molar-refractivity contribution is 7.94. The van der Waals surface area contributed by atoms with E-state index < -0.39 is 15.9 Å². The average molecular weight is 341 g/mol. The number of carbonyl (C=O) groups excluding carboxylic acids is 1. The molecule has 0 aromatic heterocycles. The van der Waals surface area contributed by atoms with Crippen molar-refractivity contribution in [2.75, 3.05) is 10.7 Å². The zero-order valence-electron chi connectivity index (χ0n) is 13.6. The summed E-state index contributed by atoms with van der Waals surface area (Å²) in [6, 6.07) is 14.2. The van der Waals surface area contributed by atoms with Crippen molar-refractivity contribution < 1.29 is 13.2 Å². The molecule has 24 heavy (non-hydrogen) atoms. The topological polar surface area (TPSA) is 54.5 Å². The predicted octanol–water partition coefficient (Wildman–Crippen LogP) is 3.26. The van der Waals surface area contributed by atoms with Crippen molar-refractivity contribution in [2.45, 2.75) is 19.9 Å². The normalized spacial score (nSPS) is 18.5. The third kappa shape index (κ3) is 3.26. The van der Waals surface area contributed by atoms with Crippen LogP contribution in [0.5, 0.6) is 0 Å². The molecule has 4 nitrogen and oxygen atoms in total. The van der Waals surface area contributed by atoms with Gasteiger partial charge in [-0.05, 0) is 55.3 Å². The van der Waals surface area contributed by atoms with Crippen LogP contribution in [0.15, 0.2) is 60.0 Å². The molecule has 0 fully saturated rings. The monoisotopic (exact) mass is 341 g/mol. The molecule has 0 unspecified atom stereocenters. The van der Waals surface area contributed by atoms with Crippen LogP contribution >= 0.6 is 0 Å². The Balaban J connectivity index is 2.06. The maximum atomic E-state index is 13.0. The Kier molecular flexibility index (Phi) is 4.28. The number of carbonyl (C=O) groups is 1. The first-order valence-electron chi connectivity index (χ1n) is 7.74. The van der Waals surface area contributed by atoms with Crippen molar-refractivity contribution in [1.82, 2.24) is 0 Å². The number of nitrogens with zero attached hydrogens (tertiary/aromatic N) is 1. The second kappa shape index (κ2) is 6.24. The van der Waals surface area contributed by atoms with Crippen molar-refractivity contribution in [3.05, 3.63) is 76.7 Å². The van der Waals surface area contributed by atoms with E-state index in [1.165, 1.54) is 5.41 Å². The van der Waals surface area contributed by atoms with Gasteiger partial charge < -0.3 is 4.90 Å². The van der Waals surface area contributed by atoms with Gasteiger partial charge in [-0.15, -0.1) is 0 Å². The number of hydrogen-bond acceptors (Lipinski definition) is 3. The molecule has 1 aliphatic rings. The molecule has 0 radical (unpaired) electrons. The van der Waals surface area contributed by atoms with E-state index in [4.69, 9.17) is 0 Å². The minimum absolute atomic E-state index is 0.0848. The molecule has 1 aliphatic heterocycles. The lowest BCUT2D eigenvalue weighted by Crippen LogP contribution is -2.41. The summed E-state index contributed by atoms with van der Waals surface area (Å²) in [6.45, 7) is 3.98. The number of rotatable bonds is 3. The Bertz CT molecular complexity index is 901. The minimum Gasteiger partial charge on any atom is -0.300 e. The van der Waals surface area contributed by atoms with Crippen molar-refractivity contribution in [3.8, 4) is 0 Å². The number of anilines is 1. The summed E-state index contributed by atoms with van der Waals surface area (Å²) in [6.07, 6.45) is 1.59. The van der Waals surface area contributed by atoms with Gasteiger partial charge in [-0.1, -0.05) is 24.3 Å². The smallest absolute Gasteiger partial charge is 0.258 e. The van der Waals surface area contributed by atoms with Gasteiger partial charge in [-0.25, -0.2) is 8.42 Å². The molecule has 124 valence electrons. The van der Waals surface area contributed by atoms with Crippen LogP contribution in [0.4, 0.5) is 5.69 Å². The Morgan fingerprint density at radius 3 is 2.33 bits per heavy atom. The zero-order chi connectivity index (χ0) is 17.3. The Morgan fingerprint density at radius 2 is 1.75 bits per heavy atom. The highest BCUT2D eigenvalue weighted by Crippen LogP contribution is 2.26. The molecule has 0 spiro atoms. The Morgan fingerprint density at radius 1 is 1.04 bits per heavy atom. The van der Waals surface area contributed by atoms with E-state index in [2.05, 4.69) is 0 Å². The maximum Gasteiger partial charge on any atom is 0.258 e. The van der Waals surface area contributed by atoms with Gasteiger partial charge >= 0.3 is 0 Å². The summed E-state index contributed by atoms with van der Waals surface area (Å²) in [5.41, 5.74) is 3.43. The van der Waals surface area contributed by atoms with Crippen LogP contribution in [-0.4, -0.2) is 26.1 Å². The summed E-state index contributed by atoms with van der Waals surface area (Å²) in [5.74, 6) is -0.288. The second-order valence-electron chi connectivity index (χ2n) is 6.04. The summed E-state index contributed by atoms with van der Waals surface area (Å²) in [4.78, 5) is 14.6. The zero-order valence-corrected chi connectivity index (χ0v) is 14.5. The van der Waals surface area contributed by atoms with Crippen LogP contribution in [0, 0.1) is 13.8 Å². The van der Waals surface area contributed by atoms with Gasteiger partial charge in [0.05, 0.1) is 11.8 Å². The van der Waals surface area contributed by atoms with Gasteiger partial charge in [0.25, 0.3) is 5.91 Å². The van der Waals surface area contributed by atoms with E-state index in [0.717, 1.165) is 11.1 Å². The number of amides is 1. The number of sulfone groups is 1. The first kappa shape index (κ1) is 16.5. The molecule has 3 rings (SSSR count). The molecular formula is C19H19NO3S. The molecule has 0 N–H and O–H groups in total. The summed E-state index contributed by atoms with van der Waals surface area (Å²) in [5, 5.41) is 1.20. The fraction of sp³-hybridized carbons (Fsp3) is 0.211. The highest BCUT2D eigenvalue weighted by atomic mass is 32.2. The SMILES string of the molecule is Cc1ccc(N(C(=O)c2ccccc2)[C@H]2C=CS(=O)(=O)C2)cc1C. The van der Waals surface area contributed by atoms with Crippen LogP contribution in [-0.2, 0) is 9.84 Å². The Labute approximate surface area is 142 Å². The molecule has 0 aliphatic carbocycles. The van der Waals surface area contributed by atoms with E-state index in [1.807, 2.05) is 38.1 Å². The molecule has 1 heterocycles. The second-order valence-corrected chi connectivity index (χ2v) is 7.97. The van der Waals surface area contributed by atoms with E-state index in [1.54, 1.807) is 35.2 Å². The van der Waals surface area contributed by atoms with E-state index >= 15 is 0 Å². The molecule has 5 heteroatoms. The molecular weight excluding hydrogens is 322 g/mol. The van der Waals surface area contributed by atoms with Gasteiger partial charge in [0.15, 0.2) is 9.84 Å². The molecule has 2 aromatic carbocycles. The molecule has 0 saturated heterocycles. The summed E-state index contributed by atoms with van der Waals surface area (Å²) in [7, 11) is -3.26. The molecule has 0 bridgehead atoms. The largest absolute Gasteiger partial charge is 0.300 e. The first-order valence-corrected chi connectivity index (χ1v) is 9.46. The predicted molar refractivity (Wildman–Crippen MR) is 95.9 cm³/mol. The van der Waals surface area contributed by atoms with E-state index in [9.17, 15) is 13.2 Å². The van der Waals surface area contributed by atoms with Gasteiger partial charge in [-0.2, -0.15) is 0 Å². The average Bonchev–Trinajstić information content (AvgIpc) is 2.91. The lowest BCUT2D eigenvalue weighted by atomic mass is 10.1. The lowest BCUT2D eigenvalue weighted by Gasteiger charge is -2.28. The maximum absolute atomic E-state index is 13.0. The van der Waals surface area contributed by atoms with Crippen LogP contribution in [0.2, 0.25) is 0 Å². The highest BCUT2D eigenvalue weighted by Gasteiger charge is 2.32. The lowest BCUT2D eigenvalue weighted by molar-refractivity contribution is 0.0983. The van der Waals surface area contributed by atoms with Crippen LogP contribution in [0.25, 0.3) is 0 Å². The quantitative estimate of drug-likeness (QED) is 0.861. The van der Waals surface area contributed by atoms with Crippen molar-refractivity contribution in [3.63, 3.8) is 0 Å². The van der Waals surface area contributed by atoms with Gasteiger partial charge in [-0.3, -0.25) is 4.79 Å². The van der Waals surface area contributed by atoms with Crippen molar-refractivity contribution >= 4 is 21.4 Å². The van der Waals surface area contributed by atoms with Crippen LogP contribution in [0.3, 0.4) is 0 Å². The first-order chi connectivity index (χ1) is 11.4. The van der Waals surface area contributed by atoms with E-state index in [0.29, 0.717) is 11.3 Å². The Hall–Kier alpha value is -2.40.